The average molecular weight is 335 g/mol. The van der Waals surface area contributed by atoms with E-state index in [1.165, 1.54) is 6.07 Å². The summed E-state index contributed by atoms with van der Waals surface area (Å²) in [5.74, 6) is 0.0112. The summed E-state index contributed by atoms with van der Waals surface area (Å²) in [7, 11) is 0. The fourth-order valence-corrected chi connectivity index (χ4v) is 2.14. The Kier molecular flexibility index (Phi) is 5.26. The first-order chi connectivity index (χ1) is 10.5. The van der Waals surface area contributed by atoms with Crippen LogP contribution in [0.25, 0.3) is 0 Å². The first-order valence-corrected chi connectivity index (χ1v) is 7.18. The van der Waals surface area contributed by atoms with E-state index in [0.717, 1.165) is 0 Å². The summed E-state index contributed by atoms with van der Waals surface area (Å²) in [6.45, 7) is 1.61. The van der Waals surface area contributed by atoms with E-state index in [0.29, 0.717) is 22.0 Å². The minimum atomic E-state index is -0.760. The number of rotatable bonds is 4. The third-order valence-corrected chi connectivity index (χ3v) is 3.36. The van der Waals surface area contributed by atoms with Crippen LogP contribution in [0.15, 0.2) is 42.5 Å². The van der Waals surface area contributed by atoms with Crippen LogP contribution in [0, 0.1) is 11.3 Å². The van der Waals surface area contributed by atoms with Gasteiger partial charge in [0.15, 0.2) is 6.10 Å². The number of hydrogen-bond acceptors (Lipinski definition) is 3. The van der Waals surface area contributed by atoms with Gasteiger partial charge in [-0.1, -0.05) is 29.3 Å². The molecule has 0 aromatic heterocycles. The van der Waals surface area contributed by atoms with Crippen LogP contribution in [0.3, 0.4) is 0 Å². The molecule has 0 bridgehead atoms. The summed E-state index contributed by atoms with van der Waals surface area (Å²) >= 11 is 11.9. The van der Waals surface area contributed by atoms with Crippen molar-refractivity contribution in [3.63, 3.8) is 0 Å². The molecule has 1 N–H and O–H groups in total. The van der Waals surface area contributed by atoms with Crippen molar-refractivity contribution in [2.24, 2.45) is 0 Å². The molecule has 112 valence electrons. The highest BCUT2D eigenvalue weighted by Gasteiger charge is 2.16. The smallest absolute Gasteiger partial charge is 0.265 e. The molecular weight excluding hydrogens is 323 g/mol. The first-order valence-electron chi connectivity index (χ1n) is 6.42. The third-order valence-electron chi connectivity index (χ3n) is 2.83. The van der Waals surface area contributed by atoms with E-state index < -0.39 is 6.10 Å². The number of benzene rings is 2. The predicted molar refractivity (Wildman–Crippen MR) is 86.3 cm³/mol. The Morgan fingerprint density at radius 1 is 1.27 bits per heavy atom. The molecule has 2 aromatic carbocycles. The molecule has 0 saturated heterocycles. The van der Waals surface area contributed by atoms with Crippen molar-refractivity contribution in [2.75, 3.05) is 5.32 Å². The lowest BCUT2D eigenvalue weighted by Gasteiger charge is -2.15. The number of ether oxygens (including phenoxy) is 1. The van der Waals surface area contributed by atoms with E-state index in [-0.39, 0.29) is 10.9 Å². The molecule has 0 fully saturated rings. The molecule has 0 saturated carbocycles. The van der Waals surface area contributed by atoms with Crippen LogP contribution in [-0.4, -0.2) is 12.0 Å². The third kappa shape index (κ3) is 4.14. The van der Waals surface area contributed by atoms with E-state index in [2.05, 4.69) is 5.32 Å². The maximum atomic E-state index is 12.1. The Balaban J connectivity index is 2.04. The number of anilines is 1. The van der Waals surface area contributed by atoms with Gasteiger partial charge in [0.05, 0.1) is 16.7 Å². The highest BCUT2D eigenvalue weighted by molar-refractivity contribution is 6.32. The monoisotopic (exact) mass is 334 g/mol. The quantitative estimate of drug-likeness (QED) is 0.907. The van der Waals surface area contributed by atoms with E-state index in [9.17, 15) is 4.79 Å². The van der Waals surface area contributed by atoms with Crippen molar-refractivity contribution >= 4 is 34.8 Å². The number of nitrogens with one attached hydrogen (secondary N) is 1. The standard InChI is InChI=1S/C16H12Cl2N2O2/c1-10(16(21)20-13-4-2-3-12(17)8-13)22-15-6-5-11(9-19)7-14(15)18/h2-8,10H,1H3,(H,20,21)/t10-/m1/s1. The van der Waals surface area contributed by atoms with E-state index >= 15 is 0 Å². The predicted octanol–water partition coefficient (Wildman–Crippen LogP) is 4.27. The topological polar surface area (TPSA) is 62.1 Å². The van der Waals surface area contributed by atoms with Crippen LogP contribution in [0.2, 0.25) is 10.0 Å². The number of hydrogen-bond donors (Lipinski definition) is 1. The molecule has 0 aliphatic heterocycles. The molecule has 22 heavy (non-hydrogen) atoms. The average Bonchev–Trinajstić information content (AvgIpc) is 2.49. The second kappa shape index (κ2) is 7.17. The fourth-order valence-electron chi connectivity index (χ4n) is 1.72. The Hall–Kier alpha value is -2.22. The molecule has 0 spiro atoms. The van der Waals surface area contributed by atoms with Gasteiger partial charge in [-0.25, -0.2) is 0 Å². The largest absolute Gasteiger partial charge is 0.479 e. The van der Waals surface area contributed by atoms with Crippen LogP contribution in [0.1, 0.15) is 12.5 Å². The highest BCUT2D eigenvalue weighted by Crippen LogP contribution is 2.26. The van der Waals surface area contributed by atoms with Gasteiger partial charge in [0.2, 0.25) is 0 Å². The van der Waals surface area contributed by atoms with Crippen LogP contribution in [0.5, 0.6) is 5.75 Å². The van der Waals surface area contributed by atoms with Gasteiger partial charge in [0.1, 0.15) is 5.75 Å². The van der Waals surface area contributed by atoms with Crippen molar-refractivity contribution < 1.29 is 9.53 Å². The summed E-state index contributed by atoms with van der Waals surface area (Å²) in [4.78, 5) is 12.1. The highest BCUT2D eigenvalue weighted by atomic mass is 35.5. The summed E-state index contributed by atoms with van der Waals surface area (Å²) in [5.41, 5.74) is 1.01. The van der Waals surface area contributed by atoms with Gasteiger partial charge in [0, 0.05) is 10.7 Å². The maximum Gasteiger partial charge on any atom is 0.265 e. The molecule has 1 amide bonds. The van der Waals surface area contributed by atoms with Crippen LogP contribution in [0.4, 0.5) is 5.69 Å². The fraction of sp³-hybridized carbons (Fsp3) is 0.125. The molecule has 2 rings (SSSR count). The number of carbonyl (C=O) groups is 1. The Bertz CT molecular complexity index is 741. The lowest BCUT2D eigenvalue weighted by Crippen LogP contribution is -2.30. The zero-order valence-electron chi connectivity index (χ0n) is 11.6. The zero-order chi connectivity index (χ0) is 16.1. The minimum Gasteiger partial charge on any atom is -0.479 e. The molecule has 0 aliphatic carbocycles. The lowest BCUT2D eigenvalue weighted by atomic mass is 10.2. The summed E-state index contributed by atoms with van der Waals surface area (Å²) in [6, 6.07) is 13.4. The summed E-state index contributed by atoms with van der Waals surface area (Å²) < 4.78 is 5.52. The SMILES string of the molecule is C[C@@H](Oc1ccc(C#N)cc1Cl)C(=O)Nc1cccc(Cl)c1. The molecule has 0 aliphatic rings. The molecule has 1 atom stereocenters. The van der Waals surface area contributed by atoms with Gasteiger partial charge in [-0.3, -0.25) is 4.79 Å². The van der Waals surface area contributed by atoms with E-state index in [4.69, 9.17) is 33.2 Å². The van der Waals surface area contributed by atoms with Gasteiger partial charge in [-0.2, -0.15) is 5.26 Å². The normalized spacial score (nSPS) is 11.4. The van der Waals surface area contributed by atoms with Gasteiger partial charge in [-0.15, -0.1) is 0 Å². The van der Waals surface area contributed by atoms with Crippen molar-refractivity contribution in [3.05, 3.63) is 58.1 Å². The summed E-state index contributed by atoms with van der Waals surface area (Å²) in [6.07, 6.45) is -0.760. The molecule has 2 aromatic rings. The van der Waals surface area contributed by atoms with Gasteiger partial charge in [-0.05, 0) is 43.3 Å². The van der Waals surface area contributed by atoms with E-state index in [1.807, 2.05) is 6.07 Å². The molecule has 4 nitrogen and oxygen atoms in total. The van der Waals surface area contributed by atoms with Crippen molar-refractivity contribution in [1.82, 2.24) is 0 Å². The Labute approximate surface area is 138 Å². The minimum absolute atomic E-state index is 0.279. The number of halogens is 2. The Morgan fingerprint density at radius 2 is 2.05 bits per heavy atom. The molecule has 6 heteroatoms. The van der Waals surface area contributed by atoms with E-state index in [1.54, 1.807) is 43.3 Å². The second-order valence-electron chi connectivity index (χ2n) is 4.52. The second-order valence-corrected chi connectivity index (χ2v) is 5.36. The van der Waals surface area contributed by atoms with Crippen LogP contribution < -0.4 is 10.1 Å². The zero-order valence-corrected chi connectivity index (χ0v) is 13.2. The maximum absolute atomic E-state index is 12.1. The molecule has 0 radical (unpaired) electrons. The van der Waals surface area contributed by atoms with Crippen LogP contribution in [-0.2, 0) is 4.79 Å². The first kappa shape index (κ1) is 16.2. The van der Waals surface area contributed by atoms with Gasteiger partial charge < -0.3 is 10.1 Å². The number of nitrogens with zero attached hydrogens (tertiary/aromatic N) is 1. The number of amides is 1. The molecule has 0 heterocycles. The molecule has 0 unspecified atom stereocenters. The van der Waals surface area contributed by atoms with Crippen LogP contribution >= 0.6 is 23.2 Å². The Morgan fingerprint density at radius 3 is 2.68 bits per heavy atom. The molecular formula is C16H12Cl2N2O2. The van der Waals surface area contributed by atoms with Gasteiger partial charge in [0.25, 0.3) is 5.91 Å². The summed E-state index contributed by atoms with van der Waals surface area (Å²) in [5, 5.41) is 12.3. The number of carbonyl (C=O) groups excluding carboxylic acids is 1. The van der Waals surface area contributed by atoms with Crippen molar-refractivity contribution in [2.45, 2.75) is 13.0 Å². The van der Waals surface area contributed by atoms with Gasteiger partial charge >= 0.3 is 0 Å². The van der Waals surface area contributed by atoms with Crippen molar-refractivity contribution in [3.8, 4) is 11.8 Å². The number of nitriles is 1. The van der Waals surface area contributed by atoms with Crippen molar-refractivity contribution in [1.29, 1.82) is 5.26 Å². The lowest BCUT2D eigenvalue weighted by molar-refractivity contribution is -0.122.